The first-order chi connectivity index (χ1) is 16.9. The number of hydrogen-bond acceptors (Lipinski definition) is 4. The van der Waals surface area contributed by atoms with Crippen molar-refractivity contribution in [3.63, 3.8) is 0 Å². The molecule has 2 aromatic carbocycles. The van der Waals surface area contributed by atoms with Crippen LogP contribution < -0.4 is 10.1 Å². The molecule has 4 rings (SSSR count). The lowest BCUT2D eigenvalue weighted by atomic mass is 10.0. The molecule has 3 aromatic rings. The monoisotopic (exact) mass is 478 g/mol. The molecule has 35 heavy (non-hydrogen) atoms. The molecule has 0 spiro atoms. The molecule has 1 atom stereocenters. The number of carbonyl (C=O) groups excluding carboxylic acids is 2. The molecule has 1 aliphatic rings. The average molecular weight is 479 g/mol. The predicted molar refractivity (Wildman–Crippen MR) is 130 cm³/mol. The lowest BCUT2D eigenvalue weighted by molar-refractivity contribution is -0.126. The Balaban J connectivity index is 1.43. The summed E-state index contributed by atoms with van der Waals surface area (Å²) in [4.78, 5) is 32.1. The molecule has 2 amide bonds. The summed E-state index contributed by atoms with van der Waals surface area (Å²) in [7, 11) is 0. The van der Waals surface area contributed by atoms with E-state index in [0.717, 1.165) is 18.5 Å². The highest BCUT2D eigenvalue weighted by atomic mass is 19.1. The summed E-state index contributed by atoms with van der Waals surface area (Å²) >= 11 is 0. The molecule has 0 saturated carbocycles. The summed E-state index contributed by atoms with van der Waals surface area (Å²) < 4.78 is 21.4. The Morgan fingerprint density at radius 2 is 2.06 bits per heavy atom. The number of rotatable bonds is 11. The number of halogens is 1. The number of carbonyl (C=O) groups is 2. The Morgan fingerprint density at radius 1 is 1.23 bits per heavy atom. The normalized spacial score (nSPS) is 13.7. The van der Waals surface area contributed by atoms with Gasteiger partial charge in [0, 0.05) is 36.6 Å². The van der Waals surface area contributed by atoms with E-state index in [1.165, 1.54) is 12.1 Å². The van der Waals surface area contributed by atoms with Crippen LogP contribution in [0.4, 0.5) is 4.39 Å². The molecule has 0 saturated heterocycles. The van der Waals surface area contributed by atoms with Crippen LogP contribution >= 0.6 is 0 Å². The summed E-state index contributed by atoms with van der Waals surface area (Å²) in [5.74, 6) is 0.171. The number of aryl methyl sites for hydroxylation is 1. The molecule has 0 bridgehead atoms. The number of amides is 2. The van der Waals surface area contributed by atoms with Crippen LogP contribution in [0, 0.1) is 11.7 Å². The van der Waals surface area contributed by atoms with E-state index in [9.17, 15) is 14.0 Å². The first kappa shape index (κ1) is 24.4. The van der Waals surface area contributed by atoms with Crippen LogP contribution in [0.3, 0.4) is 0 Å². The molecule has 1 aliphatic heterocycles. The van der Waals surface area contributed by atoms with E-state index in [1.54, 1.807) is 41.7 Å². The van der Waals surface area contributed by atoms with Gasteiger partial charge in [-0.05, 0) is 48.6 Å². The van der Waals surface area contributed by atoms with Gasteiger partial charge in [-0.25, -0.2) is 9.37 Å². The Labute approximate surface area is 204 Å². The van der Waals surface area contributed by atoms with Crippen molar-refractivity contribution < 1.29 is 18.7 Å². The van der Waals surface area contributed by atoms with Gasteiger partial charge in [-0.15, -0.1) is 0 Å². The Morgan fingerprint density at radius 3 is 2.80 bits per heavy atom. The number of ether oxygens (including phenoxy) is 1. The number of aromatic nitrogens is 2. The van der Waals surface area contributed by atoms with Crippen molar-refractivity contribution in [2.45, 2.75) is 52.4 Å². The Kier molecular flexibility index (Phi) is 7.80. The van der Waals surface area contributed by atoms with E-state index in [4.69, 9.17) is 4.74 Å². The third-order valence-corrected chi connectivity index (χ3v) is 6.06. The maximum atomic E-state index is 13.5. The second-order valence-electron chi connectivity index (χ2n) is 9.22. The van der Waals surface area contributed by atoms with E-state index in [0.29, 0.717) is 36.4 Å². The molecule has 0 aliphatic carbocycles. The second-order valence-corrected chi connectivity index (χ2v) is 9.22. The van der Waals surface area contributed by atoms with E-state index >= 15 is 0 Å². The fraction of sp³-hybridized carbons (Fsp3) is 0.370. The minimum atomic E-state index is -0.570. The first-order valence-corrected chi connectivity index (χ1v) is 12.0. The highest BCUT2D eigenvalue weighted by molar-refractivity contribution is 6.01. The number of benzene rings is 2. The molecule has 1 aromatic heterocycles. The quantitative estimate of drug-likeness (QED) is 0.420. The van der Waals surface area contributed by atoms with Gasteiger partial charge in [-0.3, -0.25) is 9.59 Å². The number of imidazole rings is 1. The summed E-state index contributed by atoms with van der Waals surface area (Å²) in [5.41, 5.74) is 2.01. The maximum Gasteiger partial charge on any atom is 0.255 e. The standard InChI is InChI=1S/C27H31FN4O3/c1-19(2)14-24(26(33)30-10-5-12-31-13-11-29-18-31)32-16-23-22(27(32)34)8-4-9-25(23)35-17-20-6-3-7-21(28)15-20/h3-4,6-9,11,13,15,18-19,24H,5,10,12,14,16-17H2,1-2H3,(H,30,33). The largest absolute Gasteiger partial charge is 0.489 e. The Bertz CT molecular complexity index is 1160. The smallest absolute Gasteiger partial charge is 0.255 e. The van der Waals surface area contributed by atoms with E-state index in [1.807, 2.05) is 30.7 Å². The zero-order valence-corrected chi connectivity index (χ0v) is 20.1. The van der Waals surface area contributed by atoms with Crippen LogP contribution in [0.5, 0.6) is 5.75 Å². The van der Waals surface area contributed by atoms with Gasteiger partial charge in [0.05, 0.1) is 12.9 Å². The minimum Gasteiger partial charge on any atom is -0.489 e. The Hall–Kier alpha value is -3.68. The molecule has 8 heteroatoms. The van der Waals surface area contributed by atoms with Gasteiger partial charge in [0.25, 0.3) is 5.91 Å². The van der Waals surface area contributed by atoms with Crippen molar-refractivity contribution in [3.05, 3.63) is 83.7 Å². The summed E-state index contributed by atoms with van der Waals surface area (Å²) in [6.45, 7) is 5.85. The molecule has 7 nitrogen and oxygen atoms in total. The average Bonchev–Trinajstić information content (AvgIpc) is 3.47. The summed E-state index contributed by atoms with van der Waals surface area (Å²) in [6, 6.07) is 11.0. The van der Waals surface area contributed by atoms with Crippen LogP contribution in [-0.4, -0.2) is 38.9 Å². The molecule has 0 fully saturated rings. The van der Waals surface area contributed by atoms with Crippen molar-refractivity contribution in [2.24, 2.45) is 5.92 Å². The second kappa shape index (κ2) is 11.2. The van der Waals surface area contributed by atoms with Gasteiger partial charge in [0.1, 0.15) is 24.2 Å². The lowest BCUT2D eigenvalue weighted by Gasteiger charge is -2.28. The SMILES string of the molecule is CC(C)CC(C(=O)NCCCn1ccnc1)N1Cc2c(OCc3cccc(F)c3)cccc2C1=O. The van der Waals surface area contributed by atoms with Gasteiger partial charge in [-0.2, -0.15) is 0 Å². The van der Waals surface area contributed by atoms with Crippen LogP contribution in [0.1, 0.15) is 48.2 Å². The fourth-order valence-corrected chi connectivity index (χ4v) is 4.33. The van der Waals surface area contributed by atoms with Gasteiger partial charge in [0.2, 0.25) is 5.91 Å². The van der Waals surface area contributed by atoms with Crippen LogP contribution in [0.15, 0.2) is 61.2 Å². The van der Waals surface area contributed by atoms with Gasteiger partial charge >= 0.3 is 0 Å². The van der Waals surface area contributed by atoms with E-state index in [2.05, 4.69) is 10.3 Å². The van der Waals surface area contributed by atoms with Crippen LogP contribution in [0.25, 0.3) is 0 Å². The number of fused-ring (bicyclic) bond motifs is 1. The number of hydrogen-bond donors (Lipinski definition) is 1. The minimum absolute atomic E-state index is 0.146. The van der Waals surface area contributed by atoms with Crippen molar-refractivity contribution in [1.82, 2.24) is 19.8 Å². The molecule has 2 heterocycles. The maximum absolute atomic E-state index is 13.5. The van der Waals surface area contributed by atoms with E-state index in [-0.39, 0.29) is 30.2 Å². The number of nitrogens with zero attached hydrogens (tertiary/aromatic N) is 3. The molecular formula is C27H31FN4O3. The topological polar surface area (TPSA) is 76.5 Å². The lowest BCUT2D eigenvalue weighted by Crippen LogP contribution is -2.48. The fourth-order valence-electron chi connectivity index (χ4n) is 4.33. The van der Waals surface area contributed by atoms with Gasteiger partial charge < -0.3 is 19.5 Å². The first-order valence-electron chi connectivity index (χ1n) is 12.0. The molecule has 1 N–H and O–H groups in total. The summed E-state index contributed by atoms with van der Waals surface area (Å²) in [6.07, 6.45) is 6.69. The predicted octanol–water partition coefficient (Wildman–Crippen LogP) is 4.18. The highest BCUT2D eigenvalue weighted by Crippen LogP contribution is 2.33. The zero-order valence-electron chi connectivity index (χ0n) is 20.1. The van der Waals surface area contributed by atoms with Crippen LogP contribution in [-0.2, 0) is 24.5 Å². The molecule has 184 valence electrons. The van der Waals surface area contributed by atoms with Crippen molar-refractivity contribution >= 4 is 11.8 Å². The third kappa shape index (κ3) is 6.07. The number of nitrogens with one attached hydrogen (secondary N) is 1. The van der Waals surface area contributed by atoms with E-state index < -0.39 is 6.04 Å². The zero-order chi connectivity index (χ0) is 24.8. The van der Waals surface area contributed by atoms with Crippen LogP contribution in [0.2, 0.25) is 0 Å². The summed E-state index contributed by atoms with van der Waals surface area (Å²) in [5, 5.41) is 3.01. The molecule has 0 radical (unpaired) electrons. The van der Waals surface area contributed by atoms with Crippen molar-refractivity contribution in [3.8, 4) is 5.75 Å². The van der Waals surface area contributed by atoms with Gasteiger partial charge in [0.15, 0.2) is 0 Å². The third-order valence-electron chi connectivity index (χ3n) is 6.06. The van der Waals surface area contributed by atoms with Crippen molar-refractivity contribution in [2.75, 3.05) is 6.54 Å². The highest BCUT2D eigenvalue weighted by Gasteiger charge is 2.38. The van der Waals surface area contributed by atoms with Gasteiger partial charge in [-0.1, -0.05) is 32.0 Å². The molecular weight excluding hydrogens is 447 g/mol. The molecule has 1 unspecified atom stereocenters. The van der Waals surface area contributed by atoms with Crippen molar-refractivity contribution in [1.29, 1.82) is 0 Å².